The maximum absolute atomic E-state index is 12.7. The van der Waals surface area contributed by atoms with E-state index in [0.717, 1.165) is 34.2 Å². The molecule has 0 unspecified atom stereocenters. The van der Waals surface area contributed by atoms with Gasteiger partial charge in [0.1, 0.15) is 5.75 Å². The van der Waals surface area contributed by atoms with Gasteiger partial charge < -0.3 is 5.11 Å². The van der Waals surface area contributed by atoms with Gasteiger partial charge >= 0.3 is 6.18 Å². The second-order valence-electron chi connectivity index (χ2n) is 8.93. The van der Waals surface area contributed by atoms with E-state index in [1.807, 2.05) is 55.5 Å². The van der Waals surface area contributed by atoms with Crippen molar-refractivity contribution in [3.63, 3.8) is 0 Å². The fourth-order valence-corrected chi connectivity index (χ4v) is 3.90. The van der Waals surface area contributed by atoms with E-state index >= 15 is 0 Å². The number of benzene rings is 5. The van der Waals surface area contributed by atoms with Gasteiger partial charge in [0, 0.05) is 22.6 Å². The molecule has 0 aliphatic rings. The van der Waals surface area contributed by atoms with Crippen molar-refractivity contribution in [3.8, 4) is 5.75 Å². The molecule has 0 radical (unpaired) electrons. The average molecular weight is 538 g/mol. The van der Waals surface area contributed by atoms with Crippen molar-refractivity contribution in [2.75, 3.05) is 0 Å². The van der Waals surface area contributed by atoms with Crippen molar-refractivity contribution in [3.05, 3.63) is 120 Å². The molecule has 9 heteroatoms. The summed E-state index contributed by atoms with van der Waals surface area (Å²) in [5.74, 6) is 0.172. The van der Waals surface area contributed by atoms with Crippen molar-refractivity contribution < 1.29 is 18.3 Å². The van der Waals surface area contributed by atoms with Crippen LogP contribution in [0.2, 0.25) is 0 Å². The van der Waals surface area contributed by atoms with Crippen molar-refractivity contribution in [2.45, 2.75) is 13.1 Å². The summed E-state index contributed by atoms with van der Waals surface area (Å²) < 4.78 is 38.1. The monoisotopic (exact) mass is 537 g/mol. The molecule has 6 nitrogen and oxygen atoms in total. The smallest absolute Gasteiger partial charge is 0.416 e. The molecule has 5 rings (SSSR count). The van der Waals surface area contributed by atoms with Crippen molar-refractivity contribution in [2.24, 2.45) is 25.4 Å². The first-order chi connectivity index (χ1) is 19.3. The maximum atomic E-state index is 12.7. The van der Waals surface area contributed by atoms with Crippen molar-refractivity contribution in [1.82, 2.24) is 0 Å². The zero-order valence-corrected chi connectivity index (χ0v) is 21.2. The van der Waals surface area contributed by atoms with E-state index < -0.39 is 11.7 Å². The molecule has 0 aliphatic heterocycles. The molecule has 5 aromatic carbocycles. The van der Waals surface area contributed by atoms with Crippen LogP contribution in [-0.2, 0) is 6.18 Å². The lowest BCUT2D eigenvalue weighted by molar-refractivity contribution is -0.137. The second-order valence-corrected chi connectivity index (χ2v) is 8.93. The summed E-state index contributed by atoms with van der Waals surface area (Å²) in [6.07, 6.45) is -2.76. The quantitative estimate of drug-likeness (QED) is 0.170. The number of azo groups is 2. The number of phenolic OH excluding ortho intramolecular Hbond substituents is 1. The summed E-state index contributed by atoms with van der Waals surface area (Å²) in [6.45, 7) is 1.91. The minimum absolute atomic E-state index is 0.172. The molecule has 0 bridgehead atoms. The standard InChI is InChI=1S/C31H22F3N5O/c1-20-6-7-21(30(40)18-20)19-35-28-16-17-29(27-5-3-2-4-26(27)28)39-38-25-14-12-24(13-15-25)37-36-23-10-8-22(9-11-23)31(32,33)34/h2-19,40H,1H3. The Morgan fingerprint density at radius 1 is 0.625 bits per heavy atom. The van der Waals surface area contributed by atoms with Crippen molar-refractivity contribution >= 4 is 45.4 Å². The summed E-state index contributed by atoms with van der Waals surface area (Å²) >= 11 is 0. The lowest BCUT2D eigenvalue weighted by atomic mass is 10.1. The second kappa shape index (κ2) is 11.3. The molecule has 40 heavy (non-hydrogen) atoms. The number of fused-ring (bicyclic) bond motifs is 1. The van der Waals surface area contributed by atoms with Gasteiger partial charge in [-0.1, -0.05) is 30.3 Å². The Balaban J connectivity index is 1.32. The van der Waals surface area contributed by atoms with E-state index in [1.165, 1.54) is 12.1 Å². The highest BCUT2D eigenvalue weighted by Crippen LogP contribution is 2.35. The lowest BCUT2D eigenvalue weighted by Crippen LogP contribution is -2.03. The number of alkyl halides is 3. The van der Waals surface area contributed by atoms with E-state index in [0.29, 0.717) is 28.3 Å². The summed E-state index contributed by atoms with van der Waals surface area (Å²) in [5, 5.41) is 28.8. The Hall–Kier alpha value is -5.18. The molecule has 0 aromatic heterocycles. The largest absolute Gasteiger partial charge is 0.507 e. The number of aliphatic imine (C=N–C) groups is 1. The van der Waals surface area contributed by atoms with Crippen LogP contribution in [0.1, 0.15) is 16.7 Å². The van der Waals surface area contributed by atoms with E-state index in [-0.39, 0.29) is 5.75 Å². The van der Waals surface area contributed by atoms with Crippen LogP contribution in [0.15, 0.2) is 129 Å². The van der Waals surface area contributed by atoms with Crippen LogP contribution in [0.25, 0.3) is 10.8 Å². The molecule has 0 fully saturated rings. The van der Waals surface area contributed by atoms with Crippen LogP contribution < -0.4 is 0 Å². The molecule has 0 spiro atoms. The van der Waals surface area contributed by atoms with E-state index in [4.69, 9.17) is 0 Å². The van der Waals surface area contributed by atoms with Crippen molar-refractivity contribution in [1.29, 1.82) is 0 Å². The van der Waals surface area contributed by atoms with Gasteiger partial charge in [0.25, 0.3) is 0 Å². The number of hydrogen-bond donors (Lipinski definition) is 1. The van der Waals surface area contributed by atoms with Crippen LogP contribution in [0, 0.1) is 6.92 Å². The fraction of sp³-hybridized carbons (Fsp3) is 0.0645. The van der Waals surface area contributed by atoms with Crippen LogP contribution >= 0.6 is 0 Å². The Morgan fingerprint density at radius 3 is 1.73 bits per heavy atom. The lowest BCUT2D eigenvalue weighted by Gasteiger charge is -2.05. The first kappa shape index (κ1) is 26.4. The van der Waals surface area contributed by atoms with E-state index in [2.05, 4.69) is 25.4 Å². The molecule has 0 atom stereocenters. The average Bonchev–Trinajstić information content (AvgIpc) is 2.95. The highest BCUT2D eigenvalue weighted by Gasteiger charge is 2.29. The Morgan fingerprint density at radius 2 is 1.15 bits per heavy atom. The van der Waals surface area contributed by atoms with E-state index in [9.17, 15) is 18.3 Å². The van der Waals surface area contributed by atoms with Gasteiger partial charge in [0.15, 0.2) is 0 Å². The number of hydrogen-bond acceptors (Lipinski definition) is 6. The van der Waals surface area contributed by atoms with Crippen LogP contribution in [0.5, 0.6) is 5.75 Å². The van der Waals surface area contributed by atoms with E-state index in [1.54, 1.807) is 36.5 Å². The minimum Gasteiger partial charge on any atom is -0.507 e. The third-order valence-electron chi connectivity index (χ3n) is 6.01. The Bertz CT molecular complexity index is 1740. The van der Waals surface area contributed by atoms with Gasteiger partial charge in [-0.15, -0.1) is 5.11 Å². The van der Waals surface area contributed by atoms with Crippen LogP contribution in [0.4, 0.5) is 41.6 Å². The van der Waals surface area contributed by atoms with Gasteiger partial charge in [-0.2, -0.15) is 28.5 Å². The highest BCUT2D eigenvalue weighted by atomic mass is 19.4. The zero-order valence-electron chi connectivity index (χ0n) is 21.2. The third-order valence-corrected chi connectivity index (χ3v) is 6.01. The number of aromatic hydroxyl groups is 1. The predicted octanol–water partition coefficient (Wildman–Crippen LogP) is 10.5. The number of aryl methyl sites for hydroxylation is 1. The topological polar surface area (TPSA) is 82.0 Å². The molecule has 1 N–H and O–H groups in total. The molecule has 0 saturated heterocycles. The summed E-state index contributed by atoms with van der Waals surface area (Å²) in [6, 6.07) is 28.1. The highest BCUT2D eigenvalue weighted by molar-refractivity contribution is 6.01. The first-order valence-electron chi connectivity index (χ1n) is 12.2. The fourth-order valence-electron chi connectivity index (χ4n) is 3.90. The minimum atomic E-state index is -4.39. The SMILES string of the molecule is Cc1ccc(C=Nc2ccc(N=Nc3ccc(N=Nc4ccc(C(F)(F)F)cc4)cc3)c3ccccc23)c(O)c1. The molecular weight excluding hydrogens is 515 g/mol. The Labute approximate surface area is 227 Å². The maximum Gasteiger partial charge on any atom is 0.416 e. The summed E-state index contributed by atoms with van der Waals surface area (Å²) in [5.41, 5.74) is 3.68. The summed E-state index contributed by atoms with van der Waals surface area (Å²) in [4.78, 5) is 4.59. The molecular formula is C31H22F3N5O. The van der Waals surface area contributed by atoms with Gasteiger partial charge in [0.2, 0.25) is 0 Å². The van der Waals surface area contributed by atoms with Crippen LogP contribution in [0.3, 0.4) is 0 Å². The Kier molecular flexibility index (Phi) is 7.46. The molecule has 0 saturated carbocycles. The third kappa shape index (κ3) is 6.27. The number of nitrogens with zero attached hydrogens (tertiary/aromatic N) is 5. The van der Waals surface area contributed by atoms with Gasteiger partial charge in [-0.05, 0) is 85.3 Å². The molecule has 0 amide bonds. The predicted molar refractivity (Wildman–Crippen MR) is 150 cm³/mol. The normalized spacial score (nSPS) is 12.3. The zero-order chi connectivity index (χ0) is 28.1. The van der Waals surface area contributed by atoms with Crippen LogP contribution in [-0.4, -0.2) is 11.3 Å². The first-order valence-corrected chi connectivity index (χ1v) is 12.2. The van der Waals surface area contributed by atoms with Gasteiger partial charge in [0.05, 0.1) is 34.0 Å². The number of phenols is 1. The van der Waals surface area contributed by atoms with Gasteiger partial charge in [-0.25, -0.2) is 0 Å². The van der Waals surface area contributed by atoms with Gasteiger partial charge in [-0.3, -0.25) is 4.99 Å². The molecule has 5 aromatic rings. The summed E-state index contributed by atoms with van der Waals surface area (Å²) in [7, 11) is 0. The molecule has 198 valence electrons. The number of halogens is 3. The molecule has 0 heterocycles. The molecule has 0 aliphatic carbocycles. The number of rotatable bonds is 6.